The van der Waals surface area contributed by atoms with Gasteiger partial charge in [-0.1, -0.05) is 24.3 Å². The Hall–Kier alpha value is -2.86. The molecule has 3 heterocycles. The molecule has 0 aliphatic carbocycles. The van der Waals surface area contributed by atoms with Crippen molar-refractivity contribution in [3.8, 4) is 0 Å². The number of carbonyl (C=O) groups excluding carboxylic acids is 2. The van der Waals surface area contributed by atoms with E-state index in [0.717, 1.165) is 30.0 Å². The van der Waals surface area contributed by atoms with Crippen LogP contribution >= 0.6 is 0 Å². The lowest BCUT2D eigenvalue weighted by Crippen LogP contribution is -2.39. The number of hydrogen-bond acceptors (Lipinski definition) is 4. The molecule has 4 rings (SSSR count). The van der Waals surface area contributed by atoms with Crippen LogP contribution in [0.2, 0.25) is 0 Å². The van der Waals surface area contributed by atoms with Gasteiger partial charge in [-0.25, -0.2) is 0 Å². The molecule has 1 aromatic carbocycles. The van der Waals surface area contributed by atoms with Crippen LogP contribution in [-0.2, 0) is 9.59 Å². The highest BCUT2D eigenvalue weighted by Crippen LogP contribution is 2.33. The lowest BCUT2D eigenvalue weighted by atomic mass is 9.93. The molecule has 0 radical (unpaired) electrons. The van der Waals surface area contributed by atoms with E-state index in [0.29, 0.717) is 6.54 Å². The van der Waals surface area contributed by atoms with Crippen molar-refractivity contribution in [3.63, 3.8) is 0 Å². The fourth-order valence-corrected chi connectivity index (χ4v) is 4.32. The summed E-state index contributed by atoms with van der Waals surface area (Å²) in [5.74, 6) is 0.740. The fraction of sp³-hybridized carbons (Fsp3) is 0.391. The van der Waals surface area contributed by atoms with Gasteiger partial charge >= 0.3 is 0 Å². The Morgan fingerprint density at radius 1 is 1.17 bits per heavy atom. The number of hydrogen-bond donors (Lipinski definition) is 1. The molecule has 2 aliphatic heterocycles. The van der Waals surface area contributed by atoms with Gasteiger partial charge in [-0.3, -0.25) is 14.5 Å². The average molecular weight is 393 g/mol. The number of nitrogens with zero attached hydrogens (tertiary/aromatic N) is 2. The Kier molecular flexibility index (Phi) is 5.81. The smallest absolute Gasteiger partial charge is 0.223 e. The van der Waals surface area contributed by atoms with Crippen molar-refractivity contribution in [2.24, 2.45) is 0 Å². The Morgan fingerprint density at radius 3 is 2.69 bits per heavy atom. The third-order valence-electron chi connectivity index (χ3n) is 5.79. The van der Waals surface area contributed by atoms with Crippen LogP contribution in [0, 0.1) is 0 Å². The van der Waals surface area contributed by atoms with Gasteiger partial charge in [0.05, 0.1) is 24.8 Å². The van der Waals surface area contributed by atoms with E-state index in [4.69, 9.17) is 4.42 Å². The van der Waals surface area contributed by atoms with Gasteiger partial charge in [0.2, 0.25) is 11.8 Å². The number of carbonyl (C=O) groups is 2. The number of fused-ring (bicyclic) bond motifs is 1. The van der Waals surface area contributed by atoms with Crippen LogP contribution in [-0.4, -0.2) is 41.2 Å². The summed E-state index contributed by atoms with van der Waals surface area (Å²) in [6, 6.07) is 11.5. The summed E-state index contributed by atoms with van der Waals surface area (Å²) in [5, 5.41) is 3.08. The minimum Gasteiger partial charge on any atom is -0.468 e. The van der Waals surface area contributed by atoms with Gasteiger partial charge in [-0.15, -0.1) is 0 Å². The molecule has 2 amide bonds. The van der Waals surface area contributed by atoms with E-state index >= 15 is 0 Å². The van der Waals surface area contributed by atoms with Gasteiger partial charge in [0.1, 0.15) is 5.76 Å². The molecule has 0 spiro atoms. The predicted molar refractivity (Wildman–Crippen MR) is 111 cm³/mol. The van der Waals surface area contributed by atoms with Gasteiger partial charge < -0.3 is 14.6 Å². The minimum absolute atomic E-state index is 0.0406. The van der Waals surface area contributed by atoms with Crippen LogP contribution in [0.1, 0.15) is 55.2 Å². The van der Waals surface area contributed by atoms with Gasteiger partial charge in [0.15, 0.2) is 0 Å². The van der Waals surface area contributed by atoms with Crippen LogP contribution < -0.4 is 5.32 Å². The first-order valence-electron chi connectivity index (χ1n) is 10.2. The molecular weight excluding hydrogens is 366 g/mol. The first-order chi connectivity index (χ1) is 14.1. The monoisotopic (exact) mass is 393 g/mol. The number of amides is 2. The van der Waals surface area contributed by atoms with Crippen molar-refractivity contribution >= 4 is 17.9 Å². The largest absolute Gasteiger partial charge is 0.468 e. The van der Waals surface area contributed by atoms with E-state index in [1.165, 1.54) is 19.8 Å². The topological polar surface area (TPSA) is 65.8 Å². The molecule has 0 unspecified atom stereocenters. The van der Waals surface area contributed by atoms with Gasteiger partial charge in [-0.2, -0.15) is 0 Å². The van der Waals surface area contributed by atoms with Crippen LogP contribution in [0.15, 0.2) is 53.3 Å². The number of furan rings is 1. The zero-order chi connectivity index (χ0) is 20.2. The highest BCUT2D eigenvalue weighted by molar-refractivity contribution is 5.81. The predicted octanol–water partition coefficient (Wildman–Crippen LogP) is 3.50. The van der Waals surface area contributed by atoms with Crippen molar-refractivity contribution in [2.75, 3.05) is 19.6 Å². The standard InChI is InChI=1S/C23H27N3O3/c1-17(27)26-13-10-18-7-2-3-8-19(18)20(26)15-23(28)24-16-21(22-9-6-14-29-22)25-11-4-5-12-25/h2-3,6-10,13-14,20-21H,4-5,11-12,15-16H2,1H3,(H,24,28)/t20-,21+/m1/s1. The quantitative estimate of drug-likeness (QED) is 0.816. The Balaban J connectivity index is 1.45. The lowest BCUT2D eigenvalue weighted by Gasteiger charge is -2.32. The second-order valence-electron chi connectivity index (χ2n) is 7.67. The van der Waals surface area contributed by atoms with Crippen LogP contribution in [0.3, 0.4) is 0 Å². The SMILES string of the molecule is CC(=O)N1C=Cc2ccccc2[C@H]1CC(=O)NC[C@@H](c1ccco1)N1CCCC1. The van der Waals surface area contributed by atoms with E-state index in [1.54, 1.807) is 17.4 Å². The summed E-state index contributed by atoms with van der Waals surface area (Å²) in [6.45, 7) is 4.06. The van der Waals surface area contributed by atoms with Gasteiger partial charge in [-0.05, 0) is 55.3 Å². The van der Waals surface area contributed by atoms with Crippen molar-refractivity contribution in [1.82, 2.24) is 15.1 Å². The zero-order valence-electron chi connectivity index (χ0n) is 16.7. The molecular formula is C23H27N3O3. The lowest BCUT2D eigenvalue weighted by molar-refractivity contribution is -0.130. The molecule has 6 nitrogen and oxygen atoms in total. The van der Waals surface area contributed by atoms with Gasteiger partial charge in [0.25, 0.3) is 0 Å². The van der Waals surface area contributed by atoms with Crippen molar-refractivity contribution in [2.45, 2.75) is 38.3 Å². The second-order valence-corrected chi connectivity index (χ2v) is 7.67. The molecule has 2 atom stereocenters. The zero-order valence-corrected chi connectivity index (χ0v) is 16.7. The molecule has 0 bridgehead atoms. The normalized spacial score (nSPS) is 19.8. The van der Waals surface area contributed by atoms with E-state index in [2.05, 4.69) is 10.2 Å². The first-order valence-corrected chi connectivity index (χ1v) is 10.2. The van der Waals surface area contributed by atoms with Crippen LogP contribution in [0.4, 0.5) is 0 Å². The minimum atomic E-state index is -0.289. The Morgan fingerprint density at radius 2 is 1.97 bits per heavy atom. The summed E-state index contributed by atoms with van der Waals surface area (Å²) in [7, 11) is 0. The first kappa shape index (κ1) is 19.5. The van der Waals surface area contributed by atoms with E-state index in [1.807, 2.05) is 42.5 Å². The highest BCUT2D eigenvalue weighted by Gasteiger charge is 2.30. The summed E-state index contributed by atoms with van der Waals surface area (Å²) in [6.07, 6.45) is 7.94. The molecule has 2 aliphatic rings. The highest BCUT2D eigenvalue weighted by atomic mass is 16.3. The van der Waals surface area contributed by atoms with E-state index in [-0.39, 0.29) is 30.3 Å². The Bertz CT molecular complexity index is 885. The third-order valence-corrected chi connectivity index (χ3v) is 5.79. The molecule has 1 N–H and O–H groups in total. The number of nitrogens with one attached hydrogen (secondary N) is 1. The van der Waals surface area contributed by atoms with E-state index < -0.39 is 0 Å². The molecule has 0 saturated carbocycles. The molecule has 152 valence electrons. The second kappa shape index (κ2) is 8.66. The molecule has 6 heteroatoms. The third kappa shape index (κ3) is 4.27. The molecule has 1 saturated heterocycles. The summed E-state index contributed by atoms with van der Waals surface area (Å²) >= 11 is 0. The van der Waals surface area contributed by atoms with Crippen LogP contribution in [0.25, 0.3) is 6.08 Å². The van der Waals surface area contributed by atoms with E-state index in [9.17, 15) is 9.59 Å². The number of rotatable bonds is 6. The fourth-order valence-electron chi connectivity index (χ4n) is 4.32. The van der Waals surface area contributed by atoms with Gasteiger partial charge in [0, 0.05) is 19.7 Å². The summed E-state index contributed by atoms with van der Waals surface area (Å²) in [5.41, 5.74) is 2.05. The molecule has 29 heavy (non-hydrogen) atoms. The molecule has 1 aromatic heterocycles. The molecule has 2 aromatic rings. The maximum Gasteiger partial charge on any atom is 0.223 e. The maximum atomic E-state index is 12.9. The van der Waals surface area contributed by atoms with Crippen molar-refractivity contribution in [3.05, 3.63) is 65.7 Å². The Labute approximate surface area is 171 Å². The summed E-state index contributed by atoms with van der Waals surface area (Å²) < 4.78 is 5.63. The summed E-state index contributed by atoms with van der Waals surface area (Å²) in [4.78, 5) is 29.0. The van der Waals surface area contributed by atoms with Crippen molar-refractivity contribution in [1.29, 1.82) is 0 Å². The average Bonchev–Trinajstić information content (AvgIpc) is 3.43. The number of benzene rings is 1. The van der Waals surface area contributed by atoms with Crippen LogP contribution in [0.5, 0.6) is 0 Å². The maximum absolute atomic E-state index is 12.9. The van der Waals surface area contributed by atoms with Crippen molar-refractivity contribution < 1.29 is 14.0 Å². The number of likely N-dealkylation sites (tertiary alicyclic amines) is 1. The molecule has 1 fully saturated rings.